The molecule has 0 saturated heterocycles. The first-order chi connectivity index (χ1) is 7.87. The summed E-state index contributed by atoms with van der Waals surface area (Å²) in [6.07, 6.45) is 1.99. The topological polar surface area (TPSA) is 12.4 Å². The number of hydrogen-bond acceptors (Lipinski definition) is 2. The molecule has 0 aromatic heterocycles. The Morgan fingerprint density at radius 2 is 2.06 bits per heavy atom. The molecular formula is C14H23NSSi. The first kappa shape index (κ1) is 14.5. The average molecular weight is 265 g/mol. The van der Waals surface area contributed by atoms with Gasteiger partial charge < -0.3 is 0 Å². The summed E-state index contributed by atoms with van der Waals surface area (Å²) >= 11 is 2.12. The van der Waals surface area contributed by atoms with Crippen molar-refractivity contribution in [2.75, 3.05) is 6.54 Å². The zero-order valence-electron chi connectivity index (χ0n) is 11.5. The summed E-state index contributed by atoms with van der Waals surface area (Å²) in [5.41, 5.74) is 2.49. The third-order valence-corrected chi connectivity index (χ3v) is 6.79. The van der Waals surface area contributed by atoms with Gasteiger partial charge >= 0.3 is 0 Å². The molecule has 0 aliphatic rings. The Bertz CT molecular complexity index is 382. The molecule has 0 spiro atoms. The van der Waals surface area contributed by atoms with E-state index in [0.29, 0.717) is 5.25 Å². The Morgan fingerprint density at radius 1 is 1.35 bits per heavy atom. The van der Waals surface area contributed by atoms with Gasteiger partial charge in [-0.3, -0.25) is 4.99 Å². The second kappa shape index (κ2) is 6.41. The van der Waals surface area contributed by atoms with Crippen LogP contribution in [0.1, 0.15) is 18.1 Å². The number of aliphatic imine (C=N–C) groups is 1. The van der Waals surface area contributed by atoms with E-state index in [-0.39, 0.29) is 0 Å². The van der Waals surface area contributed by atoms with Crippen molar-refractivity contribution in [3.63, 3.8) is 0 Å². The maximum atomic E-state index is 4.54. The predicted molar refractivity (Wildman–Crippen MR) is 84.0 cm³/mol. The van der Waals surface area contributed by atoms with E-state index in [1.807, 2.05) is 6.21 Å². The van der Waals surface area contributed by atoms with Gasteiger partial charge in [-0.25, -0.2) is 0 Å². The summed E-state index contributed by atoms with van der Waals surface area (Å²) in [5, 5.41) is 0.628. The van der Waals surface area contributed by atoms with Crippen molar-refractivity contribution in [1.82, 2.24) is 0 Å². The molecule has 94 valence electrons. The van der Waals surface area contributed by atoms with Gasteiger partial charge in [0.25, 0.3) is 0 Å². The highest BCUT2D eigenvalue weighted by Gasteiger charge is 2.17. The fourth-order valence-electron chi connectivity index (χ4n) is 1.70. The van der Waals surface area contributed by atoms with E-state index >= 15 is 0 Å². The minimum absolute atomic E-state index is 0.628. The van der Waals surface area contributed by atoms with E-state index in [1.54, 1.807) is 0 Å². The summed E-state index contributed by atoms with van der Waals surface area (Å²) in [7, 11) is -1.02. The van der Waals surface area contributed by atoms with Crippen molar-refractivity contribution >= 4 is 24.6 Å². The van der Waals surface area contributed by atoms with Gasteiger partial charge in [-0.2, -0.15) is 11.2 Å². The monoisotopic (exact) mass is 265 g/mol. The van der Waals surface area contributed by atoms with E-state index < -0.39 is 7.22 Å². The normalized spacial score (nSPS) is 14.2. The van der Waals surface area contributed by atoms with Crippen molar-refractivity contribution in [3.05, 3.63) is 35.4 Å². The molecule has 1 aromatic carbocycles. The van der Waals surface area contributed by atoms with Crippen LogP contribution in [0.4, 0.5) is 0 Å². The summed E-state index contributed by atoms with van der Waals surface area (Å²) in [6, 6.07) is 8.46. The summed E-state index contributed by atoms with van der Waals surface area (Å²) in [5.74, 6) is 0. The van der Waals surface area contributed by atoms with Gasteiger partial charge in [-0.15, -0.1) is 0 Å². The highest BCUT2D eigenvalue weighted by molar-refractivity contribution is 8.29. The van der Waals surface area contributed by atoms with Gasteiger partial charge in [0.2, 0.25) is 0 Å². The molecule has 0 N–H and O–H groups in total. The Balaban J connectivity index is 2.45. The van der Waals surface area contributed by atoms with Crippen molar-refractivity contribution < 1.29 is 0 Å². The van der Waals surface area contributed by atoms with E-state index in [2.05, 4.69) is 74.0 Å². The molecule has 1 atom stereocenters. The molecule has 0 heterocycles. The summed E-state index contributed by atoms with van der Waals surface area (Å²) in [6.45, 7) is 12.5. The van der Waals surface area contributed by atoms with Crippen molar-refractivity contribution in [2.45, 2.75) is 38.7 Å². The molecule has 3 heteroatoms. The molecule has 0 bridgehead atoms. The van der Waals surface area contributed by atoms with Crippen molar-refractivity contribution in [2.24, 2.45) is 4.99 Å². The number of nitrogens with zero attached hydrogens (tertiary/aromatic N) is 1. The standard InChI is InChI=1S/C14H23NSSi/c1-12-7-6-8-14(9-12)11-15-10-13(2)16-17(3,4)5/h6-9,11,13H,10H2,1-5H3. The van der Waals surface area contributed by atoms with Crippen LogP contribution in [-0.2, 0) is 0 Å². The molecule has 0 saturated carbocycles. The minimum Gasteiger partial charge on any atom is -0.291 e. The second-order valence-electron chi connectivity index (χ2n) is 5.45. The van der Waals surface area contributed by atoms with E-state index in [9.17, 15) is 0 Å². The molecule has 0 aliphatic carbocycles. The molecular weight excluding hydrogens is 242 g/mol. The van der Waals surface area contributed by atoms with Crippen molar-refractivity contribution in [3.8, 4) is 0 Å². The molecule has 1 aromatic rings. The number of hydrogen-bond donors (Lipinski definition) is 0. The minimum atomic E-state index is -1.02. The number of benzene rings is 1. The van der Waals surface area contributed by atoms with Crippen LogP contribution in [0, 0.1) is 6.92 Å². The lowest BCUT2D eigenvalue weighted by molar-refractivity contribution is 0.961. The first-order valence-corrected chi connectivity index (χ1v) is 11.2. The molecule has 1 rings (SSSR count). The van der Waals surface area contributed by atoms with E-state index in [1.165, 1.54) is 11.1 Å². The van der Waals surface area contributed by atoms with Gasteiger partial charge in [0, 0.05) is 11.5 Å². The zero-order chi connectivity index (χ0) is 12.9. The highest BCUT2D eigenvalue weighted by atomic mass is 32.4. The average Bonchev–Trinajstić information content (AvgIpc) is 2.14. The lowest BCUT2D eigenvalue weighted by Crippen LogP contribution is -2.20. The van der Waals surface area contributed by atoms with Crippen LogP contribution in [0.15, 0.2) is 29.3 Å². The van der Waals surface area contributed by atoms with Gasteiger partial charge in [0.05, 0.1) is 6.54 Å². The lowest BCUT2D eigenvalue weighted by Gasteiger charge is -2.19. The molecule has 0 radical (unpaired) electrons. The molecule has 0 fully saturated rings. The smallest absolute Gasteiger partial charge is 0.108 e. The molecule has 0 aliphatic heterocycles. The van der Waals surface area contributed by atoms with Crippen molar-refractivity contribution in [1.29, 1.82) is 0 Å². The summed E-state index contributed by atoms with van der Waals surface area (Å²) < 4.78 is 0. The fraction of sp³-hybridized carbons (Fsp3) is 0.500. The van der Waals surface area contributed by atoms with Crippen LogP contribution in [0.3, 0.4) is 0 Å². The number of rotatable bonds is 5. The SMILES string of the molecule is Cc1cccc(C=NCC(C)S[Si](C)(C)C)c1. The molecule has 17 heavy (non-hydrogen) atoms. The Morgan fingerprint density at radius 3 is 2.65 bits per heavy atom. The highest BCUT2D eigenvalue weighted by Crippen LogP contribution is 2.24. The maximum absolute atomic E-state index is 4.54. The number of aryl methyl sites for hydroxylation is 1. The van der Waals surface area contributed by atoms with Crippen LogP contribution >= 0.6 is 11.2 Å². The molecule has 1 nitrogen and oxygen atoms in total. The third-order valence-electron chi connectivity index (χ3n) is 2.20. The Labute approximate surface area is 110 Å². The molecule has 1 unspecified atom stereocenters. The van der Waals surface area contributed by atoms with Crippen LogP contribution in [0.5, 0.6) is 0 Å². The van der Waals surface area contributed by atoms with Gasteiger partial charge in [-0.05, 0) is 12.5 Å². The summed E-state index contributed by atoms with van der Waals surface area (Å²) in [4.78, 5) is 4.54. The zero-order valence-corrected chi connectivity index (χ0v) is 13.3. The Hall–Kier alpha value is -0.543. The van der Waals surface area contributed by atoms with Gasteiger partial charge in [-0.1, -0.05) is 56.4 Å². The van der Waals surface area contributed by atoms with E-state index in [4.69, 9.17) is 0 Å². The lowest BCUT2D eigenvalue weighted by atomic mass is 10.1. The van der Waals surface area contributed by atoms with Crippen LogP contribution in [0.2, 0.25) is 19.6 Å². The Kier molecular flexibility index (Phi) is 5.47. The second-order valence-corrected chi connectivity index (χ2v) is 15.1. The predicted octanol–water partition coefficient (Wildman–Crippen LogP) is 4.37. The van der Waals surface area contributed by atoms with Gasteiger partial charge in [0.15, 0.2) is 0 Å². The third kappa shape index (κ3) is 6.69. The van der Waals surface area contributed by atoms with E-state index in [0.717, 1.165) is 6.54 Å². The maximum Gasteiger partial charge on any atom is 0.108 e. The fourth-order valence-corrected chi connectivity index (χ4v) is 6.91. The van der Waals surface area contributed by atoms with Gasteiger partial charge in [0.1, 0.15) is 7.22 Å². The molecule has 0 amide bonds. The quantitative estimate of drug-likeness (QED) is 0.569. The van der Waals surface area contributed by atoms with Crippen LogP contribution in [0.25, 0.3) is 0 Å². The van der Waals surface area contributed by atoms with Crippen LogP contribution < -0.4 is 0 Å². The van der Waals surface area contributed by atoms with Crippen LogP contribution in [-0.4, -0.2) is 25.2 Å². The first-order valence-electron chi connectivity index (χ1n) is 6.11. The largest absolute Gasteiger partial charge is 0.291 e.